The number of hydrogen-bond acceptors (Lipinski definition) is 5. The quantitative estimate of drug-likeness (QED) is 0.471. The van der Waals surface area contributed by atoms with E-state index in [0.29, 0.717) is 42.1 Å². The van der Waals surface area contributed by atoms with E-state index in [1.165, 1.54) is 0 Å². The normalized spacial score (nSPS) is 14.0. The van der Waals surface area contributed by atoms with Gasteiger partial charge in [0.2, 0.25) is 0 Å². The number of aromatic nitrogens is 2. The number of anilines is 1. The minimum absolute atomic E-state index is 0.382. The van der Waals surface area contributed by atoms with Gasteiger partial charge in [-0.15, -0.1) is 0 Å². The van der Waals surface area contributed by atoms with Crippen molar-refractivity contribution >= 4 is 17.4 Å². The van der Waals surface area contributed by atoms with Gasteiger partial charge < -0.3 is 9.80 Å². The highest BCUT2D eigenvalue weighted by Gasteiger charge is 2.30. The molecule has 7 heteroatoms. The smallest absolute Gasteiger partial charge is 0.295 e. The van der Waals surface area contributed by atoms with Gasteiger partial charge in [0.25, 0.3) is 11.7 Å². The molecule has 0 unspecified atom stereocenters. The van der Waals surface area contributed by atoms with Crippen LogP contribution in [-0.2, 0) is 4.79 Å². The Labute approximate surface area is 187 Å². The molecule has 0 bridgehead atoms. The maximum atomic E-state index is 13.2. The van der Waals surface area contributed by atoms with Gasteiger partial charge in [0.05, 0.1) is 34.3 Å². The zero-order valence-electron chi connectivity index (χ0n) is 18.3. The molecule has 1 saturated heterocycles. The van der Waals surface area contributed by atoms with Crippen LogP contribution in [0.3, 0.4) is 0 Å². The largest absolute Gasteiger partial charge is 0.370 e. The van der Waals surface area contributed by atoms with Crippen molar-refractivity contribution in [2.75, 3.05) is 31.1 Å². The molecule has 1 aliphatic rings. The molecule has 0 aliphatic carbocycles. The van der Waals surface area contributed by atoms with E-state index in [9.17, 15) is 9.59 Å². The summed E-state index contributed by atoms with van der Waals surface area (Å²) in [6.45, 7) is 6.00. The zero-order valence-corrected chi connectivity index (χ0v) is 18.3. The van der Waals surface area contributed by atoms with Crippen molar-refractivity contribution in [3.63, 3.8) is 0 Å². The summed E-state index contributed by atoms with van der Waals surface area (Å²) in [6.07, 6.45) is 0.764. The molecule has 1 aliphatic heterocycles. The number of carbonyl (C=O) groups excluding carboxylic acids is 2. The van der Waals surface area contributed by atoms with E-state index in [2.05, 4.69) is 16.1 Å². The second-order valence-electron chi connectivity index (χ2n) is 7.91. The number of Topliss-reactive ketones (excluding diaryl/α,β-unsaturated/α-hetero) is 1. The van der Waals surface area contributed by atoms with E-state index in [4.69, 9.17) is 5.26 Å². The maximum absolute atomic E-state index is 13.2. The van der Waals surface area contributed by atoms with Gasteiger partial charge in [-0.25, -0.2) is 4.68 Å². The molecule has 2 heterocycles. The van der Waals surface area contributed by atoms with E-state index < -0.39 is 11.7 Å². The molecule has 0 atom stereocenters. The first kappa shape index (κ1) is 21.3. The Balaban J connectivity index is 1.49. The first-order valence-electron chi connectivity index (χ1n) is 10.7. The minimum Gasteiger partial charge on any atom is -0.370 e. The van der Waals surface area contributed by atoms with Gasteiger partial charge in [-0.2, -0.15) is 10.4 Å². The number of amides is 1. The minimum atomic E-state index is -0.506. The molecular weight excluding hydrogens is 402 g/mol. The Hall–Kier alpha value is -3.92. The number of nitriles is 1. The lowest BCUT2D eigenvalue weighted by Crippen LogP contribution is -2.39. The highest BCUT2D eigenvalue weighted by molar-refractivity contribution is 6.43. The maximum Gasteiger partial charge on any atom is 0.295 e. The molecule has 1 aromatic heterocycles. The van der Waals surface area contributed by atoms with Crippen molar-refractivity contribution in [2.24, 2.45) is 0 Å². The van der Waals surface area contributed by atoms with Crippen molar-refractivity contribution in [1.29, 1.82) is 5.26 Å². The number of ketones is 1. The molecular formula is C25H25N5O2. The summed E-state index contributed by atoms with van der Waals surface area (Å²) in [7, 11) is 0. The molecule has 32 heavy (non-hydrogen) atoms. The van der Waals surface area contributed by atoms with Crippen LogP contribution < -0.4 is 4.90 Å². The number of nitrogens with zero attached hydrogens (tertiary/aromatic N) is 5. The number of carbonyl (C=O) groups is 2. The van der Waals surface area contributed by atoms with Crippen LogP contribution in [0.2, 0.25) is 0 Å². The number of aryl methyl sites for hydroxylation is 1. The first-order chi connectivity index (χ1) is 15.5. The van der Waals surface area contributed by atoms with Crippen molar-refractivity contribution in [3.05, 3.63) is 77.1 Å². The molecule has 1 amide bonds. The molecule has 0 N–H and O–H groups in total. The third-order valence-electron chi connectivity index (χ3n) is 5.86. The lowest BCUT2D eigenvalue weighted by atomic mass is 10.1. The lowest BCUT2D eigenvalue weighted by molar-refractivity contribution is -0.126. The van der Waals surface area contributed by atoms with Crippen molar-refractivity contribution in [1.82, 2.24) is 14.7 Å². The van der Waals surface area contributed by atoms with E-state index in [-0.39, 0.29) is 0 Å². The highest BCUT2D eigenvalue weighted by Crippen LogP contribution is 2.21. The van der Waals surface area contributed by atoms with Gasteiger partial charge in [-0.3, -0.25) is 9.59 Å². The molecule has 1 fully saturated rings. The fourth-order valence-corrected chi connectivity index (χ4v) is 4.17. The van der Waals surface area contributed by atoms with Crippen LogP contribution in [0.25, 0.3) is 5.69 Å². The molecule has 0 saturated carbocycles. The Morgan fingerprint density at radius 1 is 0.906 bits per heavy atom. The second kappa shape index (κ2) is 9.06. The summed E-state index contributed by atoms with van der Waals surface area (Å²) in [5.41, 5.74) is 4.09. The Morgan fingerprint density at radius 3 is 2.31 bits per heavy atom. The SMILES string of the molecule is Cc1nn(-c2ccccc2)c(C)c1C(=O)C(=O)N1CCCN(c2ccc(C#N)cc2)CC1. The predicted octanol–water partition coefficient (Wildman–Crippen LogP) is 3.28. The van der Waals surface area contributed by atoms with Gasteiger partial charge in [-0.05, 0) is 56.7 Å². The fourth-order valence-electron chi connectivity index (χ4n) is 4.17. The van der Waals surface area contributed by atoms with Crippen molar-refractivity contribution < 1.29 is 9.59 Å². The predicted molar refractivity (Wildman–Crippen MR) is 122 cm³/mol. The summed E-state index contributed by atoms with van der Waals surface area (Å²) in [5.74, 6) is -0.987. The van der Waals surface area contributed by atoms with Gasteiger partial charge in [0.1, 0.15) is 0 Å². The van der Waals surface area contributed by atoms with Crippen LogP contribution in [0.5, 0.6) is 0 Å². The molecule has 7 nitrogen and oxygen atoms in total. The second-order valence-corrected chi connectivity index (χ2v) is 7.91. The van der Waals surface area contributed by atoms with E-state index in [1.54, 1.807) is 28.6 Å². The molecule has 2 aromatic carbocycles. The molecule has 4 rings (SSSR count). The van der Waals surface area contributed by atoms with E-state index in [1.807, 2.05) is 49.4 Å². The van der Waals surface area contributed by atoms with Gasteiger partial charge in [0.15, 0.2) is 0 Å². The molecule has 3 aromatic rings. The van der Waals surface area contributed by atoms with Crippen molar-refractivity contribution in [2.45, 2.75) is 20.3 Å². The number of rotatable bonds is 4. The third kappa shape index (κ3) is 4.12. The summed E-state index contributed by atoms with van der Waals surface area (Å²) in [5, 5.41) is 13.5. The Kier molecular flexibility index (Phi) is 6.04. The summed E-state index contributed by atoms with van der Waals surface area (Å²) in [6, 6.07) is 19.1. The Morgan fingerprint density at radius 2 is 1.62 bits per heavy atom. The summed E-state index contributed by atoms with van der Waals surface area (Å²) >= 11 is 0. The topological polar surface area (TPSA) is 82.2 Å². The van der Waals surface area contributed by atoms with E-state index >= 15 is 0 Å². The summed E-state index contributed by atoms with van der Waals surface area (Å²) in [4.78, 5) is 30.1. The monoisotopic (exact) mass is 427 g/mol. The highest BCUT2D eigenvalue weighted by atomic mass is 16.2. The van der Waals surface area contributed by atoms with Gasteiger partial charge in [-0.1, -0.05) is 18.2 Å². The van der Waals surface area contributed by atoms with Crippen LogP contribution in [0.15, 0.2) is 54.6 Å². The van der Waals surface area contributed by atoms with Crippen LogP contribution in [0, 0.1) is 25.2 Å². The molecule has 162 valence electrons. The molecule has 0 spiro atoms. The summed E-state index contributed by atoms with van der Waals surface area (Å²) < 4.78 is 1.71. The van der Waals surface area contributed by atoms with Crippen LogP contribution in [0.1, 0.15) is 33.7 Å². The van der Waals surface area contributed by atoms with Crippen molar-refractivity contribution in [3.8, 4) is 11.8 Å². The lowest BCUT2D eigenvalue weighted by Gasteiger charge is -2.23. The van der Waals surface area contributed by atoms with Crippen LogP contribution >= 0.6 is 0 Å². The zero-order chi connectivity index (χ0) is 22.7. The average molecular weight is 428 g/mol. The number of hydrogen-bond donors (Lipinski definition) is 0. The molecule has 0 radical (unpaired) electrons. The van der Waals surface area contributed by atoms with Crippen LogP contribution in [0.4, 0.5) is 5.69 Å². The van der Waals surface area contributed by atoms with Crippen LogP contribution in [-0.4, -0.2) is 52.5 Å². The Bertz CT molecular complexity index is 1180. The number of para-hydroxylation sites is 1. The van der Waals surface area contributed by atoms with Gasteiger partial charge in [0, 0.05) is 31.9 Å². The third-order valence-corrected chi connectivity index (χ3v) is 5.86. The first-order valence-corrected chi connectivity index (χ1v) is 10.7. The standard InChI is InChI=1S/C25H25N5O2/c1-18-23(19(2)30(27-18)22-7-4-3-5-8-22)24(31)25(32)29-14-6-13-28(15-16-29)21-11-9-20(17-26)10-12-21/h3-5,7-12H,6,13-16H2,1-2H3. The number of benzene rings is 2. The fraction of sp³-hybridized carbons (Fsp3) is 0.280. The van der Waals surface area contributed by atoms with Gasteiger partial charge >= 0.3 is 0 Å². The average Bonchev–Trinajstić information content (AvgIpc) is 2.98. The van der Waals surface area contributed by atoms with E-state index in [0.717, 1.165) is 24.3 Å².